The van der Waals surface area contributed by atoms with Crippen molar-refractivity contribution in [3.63, 3.8) is 0 Å². The molecule has 1 heterocycles. The van der Waals surface area contributed by atoms with E-state index in [0.29, 0.717) is 37.7 Å². The van der Waals surface area contributed by atoms with Gasteiger partial charge < -0.3 is 20.3 Å². The first-order chi connectivity index (χ1) is 11.6. The van der Waals surface area contributed by atoms with Gasteiger partial charge in [-0.2, -0.15) is 0 Å². The summed E-state index contributed by atoms with van der Waals surface area (Å²) in [7, 11) is 0. The number of ether oxygens (including phenoxy) is 1. The zero-order valence-electron chi connectivity index (χ0n) is 12.9. The molecular formula is C17H17F2N3O2. The van der Waals surface area contributed by atoms with Gasteiger partial charge >= 0.3 is 6.03 Å². The molecule has 24 heavy (non-hydrogen) atoms. The zero-order valence-corrected chi connectivity index (χ0v) is 12.9. The number of carbonyl (C=O) groups excluding carboxylic acids is 1. The van der Waals surface area contributed by atoms with E-state index in [2.05, 4.69) is 10.6 Å². The molecule has 0 atom stereocenters. The van der Waals surface area contributed by atoms with Crippen LogP contribution < -0.4 is 20.3 Å². The number of anilines is 2. The lowest BCUT2D eigenvalue weighted by Crippen LogP contribution is -2.40. The van der Waals surface area contributed by atoms with Crippen molar-refractivity contribution in [3.8, 4) is 5.75 Å². The Morgan fingerprint density at radius 2 is 1.88 bits per heavy atom. The van der Waals surface area contributed by atoms with Gasteiger partial charge in [-0.15, -0.1) is 0 Å². The molecule has 2 aromatic carbocycles. The molecule has 2 N–H and O–H groups in total. The van der Waals surface area contributed by atoms with E-state index < -0.39 is 0 Å². The number of halogens is 2. The van der Waals surface area contributed by atoms with Crippen LogP contribution in [0.3, 0.4) is 0 Å². The Morgan fingerprint density at radius 3 is 2.67 bits per heavy atom. The van der Waals surface area contributed by atoms with E-state index in [9.17, 15) is 13.6 Å². The summed E-state index contributed by atoms with van der Waals surface area (Å²) in [5.74, 6) is -0.187. The third kappa shape index (κ3) is 3.92. The molecule has 0 radical (unpaired) electrons. The van der Waals surface area contributed by atoms with E-state index in [1.54, 1.807) is 6.07 Å². The van der Waals surface area contributed by atoms with Crippen LogP contribution in [-0.4, -0.2) is 32.3 Å². The molecule has 2 aromatic rings. The molecule has 0 saturated carbocycles. The number of hydrogen-bond acceptors (Lipinski definition) is 3. The zero-order chi connectivity index (χ0) is 16.9. The molecule has 3 rings (SSSR count). The van der Waals surface area contributed by atoms with E-state index in [0.717, 1.165) is 5.69 Å². The van der Waals surface area contributed by atoms with E-state index in [-0.39, 0.29) is 17.7 Å². The van der Waals surface area contributed by atoms with Crippen molar-refractivity contribution in [3.05, 3.63) is 54.1 Å². The number of hydrogen-bond donors (Lipinski definition) is 2. The monoisotopic (exact) mass is 333 g/mol. The first-order valence-corrected chi connectivity index (χ1v) is 7.59. The van der Waals surface area contributed by atoms with Gasteiger partial charge in [-0.25, -0.2) is 13.6 Å². The van der Waals surface area contributed by atoms with Gasteiger partial charge in [0, 0.05) is 24.8 Å². The molecule has 0 saturated heterocycles. The standard InChI is InChI=1S/C17H17F2N3O2/c18-12-1-4-14(5-2-12)21-17(23)20-7-8-22-9-10-24-16-11-13(19)3-6-15(16)22/h1-6,11H,7-10H2,(H2,20,21,23). The Kier molecular flexibility index (Phi) is 4.79. The minimum absolute atomic E-state index is 0.340. The van der Waals surface area contributed by atoms with Crippen molar-refractivity contribution in [2.75, 3.05) is 36.5 Å². The molecule has 0 fully saturated rings. The van der Waals surface area contributed by atoms with Crippen LogP contribution in [0.4, 0.5) is 25.0 Å². The summed E-state index contributed by atoms with van der Waals surface area (Å²) in [6.45, 7) is 2.11. The molecule has 0 unspecified atom stereocenters. The Balaban J connectivity index is 1.50. The minimum Gasteiger partial charge on any atom is -0.489 e. The summed E-state index contributed by atoms with van der Waals surface area (Å²) < 4.78 is 31.5. The lowest BCUT2D eigenvalue weighted by molar-refractivity contribution is 0.252. The molecule has 5 nitrogen and oxygen atoms in total. The number of urea groups is 1. The van der Waals surface area contributed by atoms with Crippen molar-refractivity contribution in [2.24, 2.45) is 0 Å². The predicted octanol–water partition coefficient (Wildman–Crippen LogP) is 2.99. The summed E-state index contributed by atoms with van der Waals surface area (Å²) >= 11 is 0. The molecular weight excluding hydrogens is 316 g/mol. The smallest absolute Gasteiger partial charge is 0.319 e. The number of nitrogens with one attached hydrogen (secondary N) is 2. The van der Waals surface area contributed by atoms with Crippen LogP contribution in [-0.2, 0) is 0 Å². The Morgan fingerprint density at radius 1 is 1.12 bits per heavy atom. The second kappa shape index (κ2) is 7.16. The average Bonchev–Trinajstić information content (AvgIpc) is 2.57. The highest BCUT2D eigenvalue weighted by atomic mass is 19.1. The van der Waals surface area contributed by atoms with E-state index in [4.69, 9.17) is 4.74 Å². The number of amides is 2. The number of carbonyl (C=O) groups is 1. The summed E-state index contributed by atoms with van der Waals surface area (Å²) in [6, 6.07) is 9.57. The summed E-state index contributed by atoms with van der Waals surface area (Å²) in [6.07, 6.45) is 0. The topological polar surface area (TPSA) is 53.6 Å². The number of rotatable bonds is 4. The van der Waals surface area contributed by atoms with Gasteiger partial charge in [0.05, 0.1) is 12.2 Å². The fourth-order valence-electron chi connectivity index (χ4n) is 2.50. The Labute approximate surface area is 138 Å². The van der Waals surface area contributed by atoms with Crippen molar-refractivity contribution in [1.29, 1.82) is 0 Å². The highest BCUT2D eigenvalue weighted by Gasteiger charge is 2.18. The number of fused-ring (bicyclic) bond motifs is 1. The molecule has 0 spiro atoms. The molecule has 1 aliphatic heterocycles. The Bertz CT molecular complexity index is 722. The molecule has 2 amide bonds. The van der Waals surface area contributed by atoms with Crippen LogP contribution in [0.1, 0.15) is 0 Å². The third-order valence-electron chi connectivity index (χ3n) is 3.65. The van der Waals surface area contributed by atoms with Crippen LogP contribution >= 0.6 is 0 Å². The van der Waals surface area contributed by atoms with Crippen molar-refractivity contribution in [1.82, 2.24) is 5.32 Å². The van der Waals surface area contributed by atoms with Gasteiger partial charge in [0.2, 0.25) is 0 Å². The van der Waals surface area contributed by atoms with Gasteiger partial charge in [-0.1, -0.05) is 0 Å². The van der Waals surface area contributed by atoms with Gasteiger partial charge in [-0.3, -0.25) is 0 Å². The van der Waals surface area contributed by atoms with Crippen LogP contribution in [0, 0.1) is 11.6 Å². The highest BCUT2D eigenvalue weighted by Crippen LogP contribution is 2.31. The van der Waals surface area contributed by atoms with E-state index in [1.807, 2.05) is 4.90 Å². The van der Waals surface area contributed by atoms with Crippen LogP contribution in [0.25, 0.3) is 0 Å². The van der Waals surface area contributed by atoms with Gasteiger partial charge in [-0.05, 0) is 36.4 Å². The molecule has 7 heteroatoms. The van der Waals surface area contributed by atoms with E-state index in [1.165, 1.54) is 36.4 Å². The van der Waals surface area contributed by atoms with Crippen LogP contribution in [0.15, 0.2) is 42.5 Å². The summed E-state index contributed by atoms with van der Waals surface area (Å²) in [4.78, 5) is 13.8. The summed E-state index contributed by atoms with van der Waals surface area (Å²) in [5.41, 5.74) is 1.32. The highest BCUT2D eigenvalue weighted by molar-refractivity contribution is 5.89. The summed E-state index contributed by atoms with van der Waals surface area (Å²) in [5, 5.41) is 5.36. The van der Waals surface area contributed by atoms with Crippen molar-refractivity contribution < 1.29 is 18.3 Å². The number of nitrogens with zero attached hydrogens (tertiary/aromatic N) is 1. The first-order valence-electron chi connectivity index (χ1n) is 7.59. The largest absolute Gasteiger partial charge is 0.489 e. The quantitative estimate of drug-likeness (QED) is 0.904. The fraction of sp³-hybridized carbons (Fsp3) is 0.235. The lowest BCUT2D eigenvalue weighted by Gasteiger charge is -2.31. The van der Waals surface area contributed by atoms with Crippen molar-refractivity contribution >= 4 is 17.4 Å². The normalized spacial score (nSPS) is 13.0. The Hall–Kier alpha value is -2.83. The molecule has 1 aliphatic rings. The molecule has 0 bridgehead atoms. The third-order valence-corrected chi connectivity index (χ3v) is 3.65. The lowest BCUT2D eigenvalue weighted by atomic mass is 10.2. The average molecular weight is 333 g/mol. The number of benzene rings is 2. The SMILES string of the molecule is O=C(NCCN1CCOc2cc(F)ccc21)Nc1ccc(F)cc1. The van der Waals surface area contributed by atoms with Gasteiger partial charge in [0.15, 0.2) is 0 Å². The van der Waals surface area contributed by atoms with Gasteiger partial charge in [0.1, 0.15) is 24.0 Å². The maximum atomic E-state index is 13.2. The van der Waals surface area contributed by atoms with E-state index >= 15 is 0 Å². The maximum absolute atomic E-state index is 13.2. The predicted molar refractivity (Wildman–Crippen MR) is 87.5 cm³/mol. The van der Waals surface area contributed by atoms with Gasteiger partial charge in [0.25, 0.3) is 0 Å². The van der Waals surface area contributed by atoms with Crippen LogP contribution in [0.5, 0.6) is 5.75 Å². The second-order valence-electron chi connectivity index (χ2n) is 5.34. The first kappa shape index (κ1) is 16.0. The fourth-order valence-corrected chi connectivity index (χ4v) is 2.50. The second-order valence-corrected chi connectivity index (χ2v) is 5.34. The minimum atomic E-state index is -0.366. The van der Waals surface area contributed by atoms with Crippen molar-refractivity contribution in [2.45, 2.75) is 0 Å². The maximum Gasteiger partial charge on any atom is 0.319 e. The molecule has 0 aromatic heterocycles. The molecule has 0 aliphatic carbocycles. The van der Waals surface area contributed by atoms with Crippen LogP contribution in [0.2, 0.25) is 0 Å². The molecule has 126 valence electrons.